The van der Waals surface area contributed by atoms with E-state index in [2.05, 4.69) is 130 Å². The van der Waals surface area contributed by atoms with Gasteiger partial charge in [-0.15, -0.1) is 0 Å². The van der Waals surface area contributed by atoms with Crippen molar-refractivity contribution in [1.29, 1.82) is 0 Å². The zero-order valence-electron chi connectivity index (χ0n) is 21.5. The predicted octanol–water partition coefficient (Wildman–Crippen LogP) is 8.98. The first-order valence-electron chi connectivity index (χ1n) is 13.5. The number of para-hydroxylation sites is 1. The van der Waals surface area contributed by atoms with Crippen LogP contribution in [0.4, 0.5) is 0 Å². The van der Waals surface area contributed by atoms with Gasteiger partial charge in [0.1, 0.15) is 11.0 Å². The summed E-state index contributed by atoms with van der Waals surface area (Å²) in [6, 6.07) is 45.2. The Hall–Kier alpha value is -5.48. The molecule has 4 heterocycles. The Labute approximate surface area is 229 Å². The van der Waals surface area contributed by atoms with Gasteiger partial charge >= 0.3 is 0 Å². The number of benzene rings is 5. The second kappa shape index (κ2) is 8.01. The van der Waals surface area contributed by atoms with Crippen LogP contribution in [0.1, 0.15) is 0 Å². The van der Waals surface area contributed by atoms with Gasteiger partial charge in [-0.25, -0.2) is 4.98 Å². The summed E-state index contributed by atoms with van der Waals surface area (Å²) in [4.78, 5) is 10.2. The van der Waals surface area contributed by atoms with Crippen molar-refractivity contribution in [3.63, 3.8) is 0 Å². The van der Waals surface area contributed by atoms with Crippen LogP contribution in [0.15, 0.2) is 134 Å². The van der Waals surface area contributed by atoms with Crippen LogP contribution >= 0.6 is 0 Å². The number of hydrogen-bond donors (Lipinski definition) is 0. The third-order valence-corrected chi connectivity index (χ3v) is 8.13. The Bertz CT molecular complexity index is 2270. The minimum atomic E-state index is 0.911. The minimum absolute atomic E-state index is 0.911. The van der Waals surface area contributed by atoms with Gasteiger partial charge in [-0.2, -0.15) is 0 Å². The summed E-state index contributed by atoms with van der Waals surface area (Å²) in [5.41, 5.74) is 9.40. The molecule has 9 aromatic rings. The lowest BCUT2D eigenvalue weighted by molar-refractivity contribution is 1.17. The third-order valence-electron chi connectivity index (χ3n) is 8.13. The lowest BCUT2D eigenvalue weighted by Crippen LogP contribution is -1.98. The largest absolute Gasteiger partial charge is 0.307 e. The summed E-state index contributed by atoms with van der Waals surface area (Å²) < 4.78 is 4.70. The van der Waals surface area contributed by atoms with Crippen molar-refractivity contribution in [3.05, 3.63) is 134 Å². The second-order valence-electron chi connectivity index (χ2n) is 10.3. The molecule has 0 N–H and O–H groups in total. The van der Waals surface area contributed by atoms with Crippen LogP contribution in [0.3, 0.4) is 0 Å². The van der Waals surface area contributed by atoms with E-state index in [1.165, 1.54) is 21.5 Å². The maximum atomic E-state index is 5.38. The molecule has 0 saturated heterocycles. The molecule has 9 rings (SSSR count). The maximum absolute atomic E-state index is 5.38. The highest BCUT2D eigenvalue weighted by Crippen LogP contribution is 2.39. The van der Waals surface area contributed by atoms with Crippen molar-refractivity contribution in [2.75, 3.05) is 0 Å². The molecule has 0 aliphatic heterocycles. The highest BCUT2D eigenvalue weighted by atomic mass is 15.0. The van der Waals surface area contributed by atoms with Crippen LogP contribution in [0.2, 0.25) is 0 Å². The summed E-state index contributed by atoms with van der Waals surface area (Å²) in [5.74, 6) is 0. The van der Waals surface area contributed by atoms with E-state index in [-0.39, 0.29) is 0 Å². The molecular formula is C36H22N4. The zero-order chi connectivity index (χ0) is 26.2. The molecule has 0 atom stereocenters. The van der Waals surface area contributed by atoms with Gasteiger partial charge in [-0.3, -0.25) is 4.98 Å². The molecule has 0 saturated carbocycles. The quantitative estimate of drug-likeness (QED) is 0.233. The second-order valence-corrected chi connectivity index (χ2v) is 10.3. The molecule has 4 heteroatoms. The molecule has 0 aliphatic rings. The summed E-state index contributed by atoms with van der Waals surface area (Å²) in [6.45, 7) is 0. The van der Waals surface area contributed by atoms with Crippen molar-refractivity contribution in [2.24, 2.45) is 0 Å². The number of hydrogen-bond acceptors (Lipinski definition) is 2. The van der Waals surface area contributed by atoms with Crippen molar-refractivity contribution in [2.45, 2.75) is 0 Å². The van der Waals surface area contributed by atoms with Crippen LogP contribution < -0.4 is 0 Å². The van der Waals surface area contributed by atoms with E-state index in [9.17, 15) is 0 Å². The first kappa shape index (κ1) is 21.5. The van der Waals surface area contributed by atoms with E-state index < -0.39 is 0 Å². The van der Waals surface area contributed by atoms with Gasteiger partial charge in [-0.05, 0) is 47.2 Å². The molecule has 186 valence electrons. The van der Waals surface area contributed by atoms with E-state index in [0.29, 0.717) is 0 Å². The molecular weight excluding hydrogens is 488 g/mol. The molecule has 5 aromatic carbocycles. The molecule has 0 bridgehead atoms. The standard InChI is InChI=1S/C36H22N4/c1-3-14-25-23(10-1)12-7-18-28(25)39-30-17-6-5-16-27(30)34-32(39)22-33-36(38-34)35-31(20-9-21-37-35)40(33)29-19-8-13-24-11-2-4-15-26(24)29/h1-22H. The number of aromatic nitrogens is 4. The average Bonchev–Trinajstić information content (AvgIpc) is 3.51. The Morgan fingerprint density at radius 3 is 1.68 bits per heavy atom. The fraction of sp³-hybridized carbons (Fsp3) is 0. The van der Waals surface area contributed by atoms with Crippen LogP contribution in [0.25, 0.3) is 76.9 Å². The van der Waals surface area contributed by atoms with Gasteiger partial charge in [0.2, 0.25) is 0 Å². The van der Waals surface area contributed by atoms with Crippen molar-refractivity contribution >= 4 is 65.5 Å². The van der Waals surface area contributed by atoms with Gasteiger partial charge in [0, 0.05) is 22.4 Å². The Balaban J connectivity index is 1.49. The maximum Gasteiger partial charge on any atom is 0.116 e. The molecule has 0 fully saturated rings. The Kier molecular flexibility index (Phi) is 4.30. The van der Waals surface area contributed by atoms with Gasteiger partial charge < -0.3 is 9.13 Å². The lowest BCUT2D eigenvalue weighted by atomic mass is 10.1. The molecule has 0 radical (unpaired) electrons. The molecule has 40 heavy (non-hydrogen) atoms. The van der Waals surface area contributed by atoms with Crippen molar-refractivity contribution < 1.29 is 0 Å². The van der Waals surface area contributed by atoms with E-state index in [4.69, 9.17) is 9.97 Å². The predicted molar refractivity (Wildman–Crippen MR) is 166 cm³/mol. The van der Waals surface area contributed by atoms with Crippen molar-refractivity contribution in [1.82, 2.24) is 19.1 Å². The van der Waals surface area contributed by atoms with E-state index >= 15 is 0 Å². The topological polar surface area (TPSA) is 35.6 Å². The fourth-order valence-electron chi connectivity index (χ4n) is 6.42. The fourth-order valence-corrected chi connectivity index (χ4v) is 6.42. The molecule has 0 amide bonds. The summed E-state index contributed by atoms with van der Waals surface area (Å²) in [7, 11) is 0. The molecule has 0 spiro atoms. The SMILES string of the molecule is c1ccc2c(-n3c4ccccc4c4nc5c6ncccc6n(-c6cccc7ccccc67)c5cc43)cccc2c1. The van der Waals surface area contributed by atoms with Gasteiger partial charge in [0.05, 0.1) is 39.0 Å². The third kappa shape index (κ3) is 2.85. The normalized spacial score (nSPS) is 12.0. The summed E-state index contributed by atoms with van der Waals surface area (Å²) in [6.07, 6.45) is 1.86. The average molecular weight is 511 g/mol. The minimum Gasteiger partial charge on any atom is -0.307 e. The first-order chi connectivity index (χ1) is 19.9. The highest BCUT2D eigenvalue weighted by Gasteiger charge is 2.21. The first-order valence-corrected chi connectivity index (χ1v) is 13.5. The smallest absolute Gasteiger partial charge is 0.116 e. The molecule has 0 aliphatic carbocycles. The lowest BCUT2D eigenvalue weighted by Gasteiger charge is -2.13. The van der Waals surface area contributed by atoms with E-state index in [0.717, 1.165) is 55.4 Å². The van der Waals surface area contributed by atoms with Gasteiger partial charge in [0.25, 0.3) is 0 Å². The van der Waals surface area contributed by atoms with Gasteiger partial charge in [0.15, 0.2) is 0 Å². The summed E-state index contributed by atoms with van der Waals surface area (Å²) >= 11 is 0. The molecule has 4 nitrogen and oxygen atoms in total. The number of pyridine rings is 2. The zero-order valence-corrected chi connectivity index (χ0v) is 21.5. The number of fused-ring (bicyclic) bond motifs is 8. The Morgan fingerprint density at radius 1 is 0.400 bits per heavy atom. The molecule has 0 unspecified atom stereocenters. The Morgan fingerprint density at radius 2 is 0.950 bits per heavy atom. The van der Waals surface area contributed by atoms with Crippen LogP contribution in [0, 0.1) is 0 Å². The summed E-state index contributed by atoms with van der Waals surface area (Å²) in [5, 5.41) is 5.97. The number of rotatable bonds is 2. The van der Waals surface area contributed by atoms with Gasteiger partial charge in [-0.1, -0.05) is 91.0 Å². The van der Waals surface area contributed by atoms with Crippen LogP contribution in [0.5, 0.6) is 0 Å². The van der Waals surface area contributed by atoms with E-state index in [1.807, 2.05) is 12.3 Å². The van der Waals surface area contributed by atoms with E-state index in [1.54, 1.807) is 0 Å². The molecule has 4 aromatic heterocycles. The highest BCUT2D eigenvalue weighted by molar-refractivity contribution is 6.15. The van der Waals surface area contributed by atoms with Crippen molar-refractivity contribution in [3.8, 4) is 11.4 Å². The monoisotopic (exact) mass is 510 g/mol. The number of nitrogens with zero attached hydrogens (tertiary/aromatic N) is 4. The van der Waals surface area contributed by atoms with Crippen LogP contribution in [-0.2, 0) is 0 Å². The van der Waals surface area contributed by atoms with Crippen LogP contribution in [-0.4, -0.2) is 19.1 Å².